The first-order valence-electron chi connectivity index (χ1n) is 4.42. The van der Waals surface area contributed by atoms with E-state index < -0.39 is 30.6 Å². The maximum atomic E-state index is 10.6. The smallest absolute Gasteiger partial charge is 0.438 e. The predicted molar refractivity (Wildman–Crippen MR) is 46.1 cm³/mol. The number of rotatable bonds is 2. The van der Waals surface area contributed by atoms with Gasteiger partial charge >= 0.3 is 6.16 Å². The van der Waals surface area contributed by atoms with Crippen LogP contribution >= 0.6 is 0 Å². The summed E-state index contributed by atoms with van der Waals surface area (Å²) in [6.07, 6.45) is -5.48. The molecule has 3 N–H and O–H groups in total. The minimum atomic E-state index is -1.30. The second-order valence-corrected chi connectivity index (χ2v) is 3.19. The van der Waals surface area contributed by atoms with Crippen molar-refractivity contribution in [3.05, 3.63) is 0 Å². The predicted octanol–water partition coefficient (Wildman–Crippen LogP) is -1.75. The molecule has 1 rings (SSSR count). The maximum absolute atomic E-state index is 10.6. The van der Waals surface area contributed by atoms with Gasteiger partial charge < -0.3 is 29.5 Å². The number of ether oxygens (including phenoxy) is 3. The molecule has 0 radical (unpaired) electrons. The molecule has 7 nitrogen and oxygen atoms in total. The SMILES string of the molecule is COC(=O)OC[C@H]1OC[C@H](O)[C@@H](O)[C@@H]1O. The molecule has 1 aliphatic rings. The minimum absolute atomic E-state index is 0.118. The van der Waals surface area contributed by atoms with Crippen LogP contribution in [0.15, 0.2) is 0 Å². The van der Waals surface area contributed by atoms with Crippen LogP contribution in [-0.2, 0) is 14.2 Å². The van der Waals surface area contributed by atoms with E-state index >= 15 is 0 Å². The van der Waals surface area contributed by atoms with Gasteiger partial charge in [-0.1, -0.05) is 0 Å². The molecular formula is C8H14O7. The highest BCUT2D eigenvalue weighted by atomic mass is 16.7. The van der Waals surface area contributed by atoms with E-state index in [1.807, 2.05) is 0 Å². The first-order valence-corrected chi connectivity index (χ1v) is 4.42. The summed E-state index contributed by atoms with van der Waals surface area (Å²) >= 11 is 0. The molecule has 1 heterocycles. The van der Waals surface area contributed by atoms with Crippen molar-refractivity contribution in [1.82, 2.24) is 0 Å². The van der Waals surface area contributed by atoms with Crippen LogP contribution in [0.1, 0.15) is 0 Å². The molecule has 1 fully saturated rings. The van der Waals surface area contributed by atoms with Crippen LogP contribution < -0.4 is 0 Å². The quantitative estimate of drug-likeness (QED) is 0.476. The van der Waals surface area contributed by atoms with E-state index in [4.69, 9.17) is 9.84 Å². The van der Waals surface area contributed by atoms with Crippen LogP contribution in [0.3, 0.4) is 0 Å². The first kappa shape index (κ1) is 12.2. The lowest BCUT2D eigenvalue weighted by atomic mass is 10.0. The molecule has 88 valence electrons. The van der Waals surface area contributed by atoms with Gasteiger partial charge in [-0.15, -0.1) is 0 Å². The highest BCUT2D eigenvalue weighted by molar-refractivity contribution is 5.59. The van der Waals surface area contributed by atoms with Crippen LogP contribution in [0.2, 0.25) is 0 Å². The minimum Gasteiger partial charge on any atom is -0.438 e. The van der Waals surface area contributed by atoms with Crippen LogP contribution in [0.4, 0.5) is 4.79 Å². The number of hydrogen-bond acceptors (Lipinski definition) is 7. The molecule has 0 aromatic rings. The Kier molecular flexibility index (Phi) is 4.28. The number of aliphatic hydroxyl groups excluding tert-OH is 3. The van der Waals surface area contributed by atoms with Gasteiger partial charge in [0.2, 0.25) is 0 Å². The lowest BCUT2D eigenvalue weighted by Crippen LogP contribution is -2.54. The molecule has 0 amide bonds. The monoisotopic (exact) mass is 222 g/mol. The fraction of sp³-hybridized carbons (Fsp3) is 0.875. The van der Waals surface area contributed by atoms with Gasteiger partial charge in [-0.2, -0.15) is 0 Å². The number of carbonyl (C=O) groups excluding carboxylic acids is 1. The van der Waals surface area contributed by atoms with Crippen molar-refractivity contribution in [2.75, 3.05) is 20.3 Å². The maximum Gasteiger partial charge on any atom is 0.508 e. The van der Waals surface area contributed by atoms with Gasteiger partial charge in [0.05, 0.1) is 13.7 Å². The molecule has 0 aliphatic carbocycles. The normalized spacial score (nSPS) is 36.0. The highest BCUT2D eigenvalue weighted by Gasteiger charge is 2.38. The standard InChI is InChI=1S/C8H14O7/c1-13-8(12)15-3-5-7(11)6(10)4(9)2-14-5/h4-7,9-11H,2-3H2,1H3/t4-,5+,6+,7+/m0/s1. The van der Waals surface area contributed by atoms with Crippen molar-refractivity contribution < 1.29 is 34.3 Å². The van der Waals surface area contributed by atoms with Gasteiger partial charge in [-0.05, 0) is 0 Å². The molecule has 0 aromatic carbocycles. The summed E-state index contributed by atoms with van der Waals surface area (Å²) in [6.45, 7) is -0.356. The Hall–Kier alpha value is -0.890. The number of carbonyl (C=O) groups is 1. The molecule has 15 heavy (non-hydrogen) atoms. The van der Waals surface area contributed by atoms with Crippen LogP contribution in [0.5, 0.6) is 0 Å². The zero-order valence-electron chi connectivity index (χ0n) is 8.20. The Morgan fingerprint density at radius 1 is 1.40 bits per heavy atom. The molecule has 0 bridgehead atoms. The average Bonchev–Trinajstić information content (AvgIpc) is 2.24. The number of hydrogen-bond donors (Lipinski definition) is 3. The van der Waals surface area contributed by atoms with Crippen LogP contribution in [0, 0.1) is 0 Å². The van der Waals surface area contributed by atoms with Crippen LogP contribution in [-0.4, -0.2) is 66.2 Å². The summed E-state index contributed by atoms with van der Waals surface area (Å²) in [5.74, 6) is 0. The van der Waals surface area contributed by atoms with Gasteiger partial charge in [0, 0.05) is 0 Å². The highest BCUT2D eigenvalue weighted by Crippen LogP contribution is 2.15. The Morgan fingerprint density at radius 3 is 2.67 bits per heavy atom. The summed E-state index contributed by atoms with van der Waals surface area (Å²) < 4.78 is 13.7. The fourth-order valence-electron chi connectivity index (χ4n) is 1.22. The van der Waals surface area contributed by atoms with Gasteiger partial charge in [0.1, 0.15) is 31.0 Å². The third-order valence-corrected chi connectivity index (χ3v) is 2.14. The first-order chi connectivity index (χ1) is 7.06. The van der Waals surface area contributed by atoms with Crippen molar-refractivity contribution in [2.45, 2.75) is 24.4 Å². The summed E-state index contributed by atoms with van der Waals surface area (Å²) in [7, 11) is 1.15. The molecule has 0 unspecified atom stereocenters. The van der Waals surface area contributed by atoms with E-state index in [1.54, 1.807) is 0 Å². The molecule has 0 spiro atoms. The lowest BCUT2D eigenvalue weighted by molar-refractivity contribution is -0.196. The zero-order valence-corrected chi connectivity index (χ0v) is 8.20. The van der Waals surface area contributed by atoms with Crippen molar-refractivity contribution in [3.63, 3.8) is 0 Å². The van der Waals surface area contributed by atoms with E-state index in [0.29, 0.717) is 0 Å². The Labute approximate surface area is 86.2 Å². The van der Waals surface area contributed by atoms with Gasteiger partial charge in [-0.3, -0.25) is 0 Å². The molecule has 7 heteroatoms. The van der Waals surface area contributed by atoms with E-state index in [9.17, 15) is 15.0 Å². The summed E-state index contributed by atoms with van der Waals surface area (Å²) in [6, 6.07) is 0. The summed E-state index contributed by atoms with van der Waals surface area (Å²) in [5.41, 5.74) is 0. The average molecular weight is 222 g/mol. The molecule has 0 aromatic heterocycles. The third-order valence-electron chi connectivity index (χ3n) is 2.14. The van der Waals surface area contributed by atoms with Crippen molar-refractivity contribution >= 4 is 6.16 Å². The van der Waals surface area contributed by atoms with E-state index in [0.717, 1.165) is 7.11 Å². The van der Waals surface area contributed by atoms with E-state index in [2.05, 4.69) is 9.47 Å². The van der Waals surface area contributed by atoms with Gasteiger partial charge in [-0.25, -0.2) is 4.79 Å². The molecular weight excluding hydrogens is 208 g/mol. The second kappa shape index (κ2) is 5.26. The van der Waals surface area contributed by atoms with E-state index in [-0.39, 0.29) is 13.2 Å². The molecule has 1 aliphatic heterocycles. The third kappa shape index (κ3) is 3.03. The van der Waals surface area contributed by atoms with E-state index in [1.165, 1.54) is 0 Å². The Morgan fingerprint density at radius 2 is 2.07 bits per heavy atom. The second-order valence-electron chi connectivity index (χ2n) is 3.19. The molecule has 1 saturated heterocycles. The summed E-state index contributed by atoms with van der Waals surface area (Å²) in [5, 5.41) is 27.8. The topological polar surface area (TPSA) is 105 Å². The Balaban J connectivity index is 2.39. The number of methoxy groups -OCH3 is 1. The zero-order chi connectivity index (χ0) is 11.4. The largest absolute Gasteiger partial charge is 0.508 e. The van der Waals surface area contributed by atoms with Crippen molar-refractivity contribution in [3.8, 4) is 0 Å². The van der Waals surface area contributed by atoms with Crippen molar-refractivity contribution in [1.29, 1.82) is 0 Å². The van der Waals surface area contributed by atoms with Gasteiger partial charge in [0.25, 0.3) is 0 Å². The molecule has 4 atom stereocenters. The lowest BCUT2D eigenvalue weighted by Gasteiger charge is -2.34. The molecule has 0 saturated carbocycles. The Bertz CT molecular complexity index is 219. The van der Waals surface area contributed by atoms with Crippen molar-refractivity contribution in [2.24, 2.45) is 0 Å². The fourth-order valence-corrected chi connectivity index (χ4v) is 1.22. The van der Waals surface area contributed by atoms with Gasteiger partial charge in [0.15, 0.2) is 0 Å². The van der Waals surface area contributed by atoms with Crippen LogP contribution in [0.25, 0.3) is 0 Å². The number of aliphatic hydroxyl groups is 3. The summed E-state index contributed by atoms with van der Waals surface area (Å²) in [4.78, 5) is 10.6.